The van der Waals surface area contributed by atoms with Gasteiger partial charge in [0.25, 0.3) is 0 Å². The van der Waals surface area contributed by atoms with E-state index in [9.17, 15) is 0 Å². The molecule has 0 amide bonds. The van der Waals surface area contributed by atoms with E-state index in [1.807, 2.05) is 12.4 Å². The van der Waals surface area contributed by atoms with E-state index in [0.717, 1.165) is 6.54 Å². The van der Waals surface area contributed by atoms with Crippen LogP contribution in [0.5, 0.6) is 0 Å². The summed E-state index contributed by atoms with van der Waals surface area (Å²) in [7, 11) is 0. The van der Waals surface area contributed by atoms with Crippen molar-refractivity contribution < 1.29 is 0 Å². The van der Waals surface area contributed by atoms with Gasteiger partial charge in [0.15, 0.2) is 0 Å². The highest BCUT2D eigenvalue weighted by atomic mass is 15.1. The SMILES string of the molecule is CC(N)C1CCN(Cc2ccncc2)CC1. The average molecular weight is 219 g/mol. The van der Waals surface area contributed by atoms with Gasteiger partial charge in [-0.1, -0.05) is 0 Å². The smallest absolute Gasteiger partial charge is 0.0271 e. The second-order valence-electron chi connectivity index (χ2n) is 4.83. The highest BCUT2D eigenvalue weighted by molar-refractivity contribution is 5.09. The van der Waals surface area contributed by atoms with E-state index in [-0.39, 0.29) is 0 Å². The van der Waals surface area contributed by atoms with Crippen molar-refractivity contribution in [3.63, 3.8) is 0 Å². The van der Waals surface area contributed by atoms with E-state index in [2.05, 4.69) is 28.9 Å². The molecule has 0 aromatic carbocycles. The van der Waals surface area contributed by atoms with Crippen molar-refractivity contribution in [3.8, 4) is 0 Å². The molecular weight excluding hydrogens is 198 g/mol. The molecule has 16 heavy (non-hydrogen) atoms. The van der Waals surface area contributed by atoms with Crippen LogP contribution in [-0.2, 0) is 6.54 Å². The second kappa shape index (κ2) is 5.41. The van der Waals surface area contributed by atoms with Gasteiger partial charge in [-0.25, -0.2) is 0 Å². The van der Waals surface area contributed by atoms with E-state index in [1.54, 1.807) is 0 Å². The Balaban J connectivity index is 1.82. The Morgan fingerprint density at radius 2 is 2.00 bits per heavy atom. The minimum atomic E-state index is 0.350. The number of nitrogens with two attached hydrogens (primary N) is 1. The molecule has 1 unspecified atom stereocenters. The minimum Gasteiger partial charge on any atom is -0.328 e. The zero-order valence-electron chi connectivity index (χ0n) is 9.97. The van der Waals surface area contributed by atoms with Crippen LogP contribution in [0.25, 0.3) is 0 Å². The van der Waals surface area contributed by atoms with Gasteiger partial charge in [0.2, 0.25) is 0 Å². The lowest BCUT2D eigenvalue weighted by atomic mass is 9.91. The van der Waals surface area contributed by atoms with Crippen LogP contribution in [0.2, 0.25) is 0 Å². The second-order valence-corrected chi connectivity index (χ2v) is 4.83. The van der Waals surface area contributed by atoms with Gasteiger partial charge < -0.3 is 5.73 Å². The maximum absolute atomic E-state index is 5.94. The first kappa shape index (κ1) is 11.6. The van der Waals surface area contributed by atoms with Crippen LogP contribution in [0.1, 0.15) is 25.3 Å². The van der Waals surface area contributed by atoms with Crippen molar-refractivity contribution in [1.82, 2.24) is 9.88 Å². The van der Waals surface area contributed by atoms with Gasteiger partial charge in [-0.2, -0.15) is 0 Å². The lowest BCUT2D eigenvalue weighted by Crippen LogP contribution is -2.39. The molecule has 2 heterocycles. The molecule has 88 valence electrons. The van der Waals surface area contributed by atoms with Crippen molar-refractivity contribution >= 4 is 0 Å². The maximum atomic E-state index is 5.94. The van der Waals surface area contributed by atoms with Crippen LogP contribution in [0.3, 0.4) is 0 Å². The zero-order chi connectivity index (χ0) is 11.4. The molecule has 0 saturated carbocycles. The third-order valence-electron chi connectivity index (χ3n) is 3.53. The average Bonchev–Trinajstić information content (AvgIpc) is 2.31. The summed E-state index contributed by atoms with van der Waals surface area (Å²) >= 11 is 0. The number of piperidine rings is 1. The first-order valence-corrected chi connectivity index (χ1v) is 6.12. The fraction of sp³-hybridized carbons (Fsp3) is 0.615. The molecule has 0 radical (unpaired) electrons. The summed E-state index contributed by atoms with van der Waals surface area (Å²) in [4.78, 5) is 6.55. The van der Waals surface area contributed by atoms with E-state index in [1.165, 1.54) is 31.5 Å². The number of likely N-dealkylation sites (tertiary alicyclic amines) is 1. The van der Waals surface area contributed by atoms with Crippen molar-refractivity contribution in [1.29, 1.82) is 0 Å². The molecule has 1 aromatic rings. The van der Waals surface area contributed by atoms with Crippen molar-refractivity contribution in [2.45, 2.75) is 32.4 Å². The van der Waals surface area contributed by atoms with Crippen LogP contribution in [0.4, 0.5) is 0 Å². The Bertz CT molecular complexity index is 302. The Morgan fingerprint density at radius 1 is 1.38 bits per heavy atom. The Hall–Kier alpha value is -0.930. The van der Waals surface area contributed by atoms with Gasteiger partial charge >= 0.3 is 0 Å². The topological polar surface area (TPSA) is 42.1 Å². The maximum Gasteiger partial charge on any atom is 0.0271 e. The number of rotatable bonds is 3. The van der Waals surface area contributed by atoms with E-state index >= 15 is 0 Å². The molecule has 1 fully saturated rings. The van der Waals surface area contributed by atoms with Crippen molar-refractivity contribution in [2.24, 2.45) is 11.7 Å². The molecule has 1 atom stereocenters. The summed E-state index contributed by atoms with van der Waals surface area (Å²) in [6.45, 7) is 5.53. The summed E-state index contributed by atoms with van der Waals surface area (Å²) in [6.07, 6.45) is 6.21. The molecule has 3 nitrogen and oxygen atoms in total. The predicted molar refractivity (Wildman–Crippen MR) is 65.9 cm³/mol. The minimum absolute atomic E-state index is 0.350. The molecular formula is C13H21N3. The molecule has 1 saturated heterocycles. The Kier molecular flexibility index (Phi) is 3.91. The Labute approximate surface area is 97.7 Å². The van der Waals surface area contributed by atoms with Gasteiger partial charge in [0.05, 0.1) is 0 Å². The highest BCUT2D eigenvalue weighted by Crippen LogP contribution is 2.20. The number of hydrogen-bond acceptors (Lipinski definition) is 3. The Morgan fingerprint density at radius 3 is 2.56 bits per heavy atom. The van der Waals surface area contributed by atoms with Gasteiger partial charge in [0, 0.05) is 25.0 Å². The predicted octanol–water partition coefficient (Wildman–Crippen LogP) is 1.64. The normalized spacial score (nSPS) is 20.9. The molecule has 0 spiro atoms. The van der Waals surface area contributed by atoms with E-state index in [0.29, 0.717) is 12.0 Å². The van der Waals surface area contributed by atoms with Crippen LogP contribution in [0, 0.1) is 5.92 Å². The highest BCUT2D eigenvalue weighted by Gasteiger charge is 2.21. The van der Waals surface area contributed by atoms with Gasteiger partial charge in [-0.05, 0) is 56.5 Å². The lowest BCUT2D eigenvalue weighted by molar-refractivity contribution is 0.165. The number of aromatic nitrogens is 1. The summed E-state index contributed by atoms with van der Waals surface area (Å²) in [5.41, 5.74) is 7.29. The van der Waals surface area contributed by atoms with Gasteiger partial charge in [-0.3, -0.25) is 9.88 Å². The molecule has 1 aromatic heterocycles. The standard InChI is InChI=1S/C13H21N3/c1-11(14)13-4-8-16(9-5-13)10-12-2-6-15-7-3-12/h2-3,6-7,11,13H,4-5,8-10,14H2,1H3. The third-order valence-corrected chi connectivity index (χ3v) is 3.53. The summed E-state index contributed by atoms with van der Waals surface area (Å²) in [5.74, 6) is 0.716. The molecule has 0 bridgehead atoms. The summed E-state index contributed by atoms with van der Waals surface area (Å²) in [6, 6.07) is 4.54. The van der Waals surface area contributed by atoms with Crippen molar-refractivity contribution in [2.75, 3.05) is 13.1 Å². The first-order valence-electron chi connectivity index (χ1n) is 6.12. The lowest BCUT2D eigenvalue weighted by Gasteiger charge is -2.33. The number of hydrogen-bond donors (Lipinski definition) is 1. The van der Waals surface area contributed by atoms with E-state index in [4.69, 9.17) is 5.73 Å². The number of pyridine rings is 1. The van der Waals surface area contributed by atoms with Crippen LogP contribution in [-0.4, -0.2) is 29.0 Å². The van der Waals surface area contributed by atoms with Gasteiger partial charge in [-0.15, -0.1) is 0 Å². The molecule has 2 N–H and O–H groups in total. The quantitative estimate of drug-likeness (QED) is 0.840. The zero-order valence-corrected chi connectivity index (χ0v) is 9.97. The summed E-state index contributed by atoms with van der Waals surface area (Å²) < 4.78 is 0. The molecule has 0 aliphatic carbocycles. The molecule has 2 rings (SSSR count). The van der Waals surface area contributed by atoms with E-state index < -0.39 is 0 Å². The van der Waals surface area contributed by atoms with Crippen LogP contribution < -0.4 is 5.73 Å². The summed E-state index contributed by atoms with van der Waals surface area (Å²) in [5, 5.41) is 0. The first-order chi connectivity index (χ1) is 7.75. The van der Waals surface area contributed by atoms with Crippen molar-refractivity contribution in [3.05, 3.63) is 30.1 Å². The monoisotopic (exact) mass is 219 g/mol. The van der Waals surface area contributed by atoms with Crippen LogP contribution >= 0.6 is 0 Å². The fourth-order valence-corrected chi connectivity index (χ4v) is 2.38. The molecule has 3 heteroatoms. The van der Waals surface area contributed by atoms with Crippen LogP contribution in [0.15, 0.2) is 24.5 Å². The number of nitrogens with zero attached hydrogens (tertiary/aromatic N) is 2. The molecule has 1 aliphatic rings. The van der Waals surface area contributed by atoms with Gasteiger partial charge in [0.1, 0.15) is 0 Å². The fourth-order valence-electron chi connectivity index (χ4n) is 2.38. The molecule has 1 aliphatic heterocycles. The largest absolute Gasteiger partial charge is 0.328 e. The third kappa shape index (κ3) is 3.03.